The Kier molecular flexibility index (Phi) is 5.31. The Morgan fingerprint density at radius 3 is 2.32 bits per heavy atom. The summed E-state index contributed by atoms with van der Waals surface area (Å²) in [5.41, 5.74) is 0.702. The third-order valence-corrected chi connectivity index (χ3v) is 4.21. The van der Waals surface area contributed by atoms with E-state index in [-0.39, 0.29) is 17.3 Å². The number of rotatable bonds is 6. The summed E-state index contributed by atoms with van der Waals surface area (Å²) in [6.07, 6.45) is 0. The predicted octanol–water partition coefficient (Wildman–Crippen LogP) is 0.485. The molecule has 0 aliphatic heterocycles. The first kappa shape index (κ1) is 15.5. The number of carbonyl (C=O) groups is 1. The maximum atomic E-state index is 11.6. The fraction of sp³-hybridized carbons (Fsp3) is 0.417. The van der Waals surface area contributed by atoms with E-state index < -0.39 is 10.0 Å². The van der Waals surface area contributed by atoms with Crippen molar-refractivity contribution < 1.29 is 13.2 Å². The number of likely N-dealkylation sites (N-methyl/N-ethyl adjacent to an activating group) is 1. The molecule has 106 valence electrons. The van der Waals surface area contributed by atoms with Gasteiger partial charge in [-0.1, -0.05) is 0 Å². The van der Waals surface area contributed by atoms with Crippen LogP contribution in [0.15, 0.2) is 29.2 Å². The molecule has 7 heteroatoms. The first-order valence-corrected chi connectivity index (χ1v) is 7.40. The van der Waals surface area contributed by atoms with E-state index in [9.17, 15) is 13.2 Å². The van der Waals surface area contributed by atoms with Gasteiger partial charge in [-0.15, -0.1) is 0 Å². The summed E-state index contributed by atoms with van der Waals surface area (Å²) < 4.78 is 25.3. The number of nitrogens with zero attached hydrogens (tertiary/aromatic N) is 1. The van der Waals surface area contributed by atoms with Gasteiger partial charge in [-0.3, -0.25) is 4.79 Å². The lowest BCUT2D eigenvalue weighted by molar-refractivity contribution is -0.127. The van der Waals surface area contributed by atoms with Crippen molar-refractivity contribution in [1.82, 2.24) is 9.62 Å². The van der Waals surface area contributed by atoms with E-state index in [4.69, 9.17) is 0 Å². The largest absolute Gasteiger partial charge is 0.376 e. The minimum absolute atomic E-state index is 0.0191. The van der Waals surface area contributed by atoms with Gasteiger partial charge in [-0.05, 0) is 38.2 Å². The van der Waals surface area contributed by atoms with Crippen LogP contribution < -0.4 is 10.0 Å². The Balaban J connectivity index is 2.66. The van der Waals surface area contributed by atoms with Gasteiger partial charge in [0.05, 0.1) is 11.4 Å². The Hall–Kier alpha value is -1.60. The van der Waals surface area contributed by atoms with Crippen LogP contribution in [0.2, 0.25) is 0 Å². The zero-order chi connectivity index (χ0) is 14.5. The number of sulfonamides is 1. The highest BCUT2D eigenvalue weighted by atomic mass is 32.2. The fourth-order valence-electron chi connectivity index (χ4n) is 1.36. The molecule has 0 bridgehead atoms. The van der Waals surface area contributed by atoms with Crippen molar-refractivity contribution in [2.24, 2.45) is 0 Å². The van der Waals surface area contributed by atoms with Crippen molar-refractivity contribution >= 4 is 21.6 Å². The Morgan fingerprint density at radius 1 is 1.26 bits per heavy atom. The quantitative estimate of drug-likeness (QED) is 0.797. The van der Waals surface area contributed by atoms with Crippen molar-refractivity contribution in [2.75, 3.05) is 32.5 Å². The van der Waals surface area contributed by atoms with E-state index in [0.717, 1.165) is 0 Å². The van der Waals surface area contributed by atoms with Gasteiger partial charge >= 0.3 is 0 Å². The van der Waals surface area contributed by atoms with Crippen molar-refractivity contribution in [3.8, 4) is 0 Å². The van der Waals surface area contributed by atoms with Crippen LogP contribution in [0.3, 0.4) is 0 Å². The molecular formula is C12H19N3O3S. The second-order valence-corrected chi connectivity index (χ2v) is 5.88. The molecule has 1 rings (SSSR count). The number of hydrogen-bond donors (Lipinski definition) is 2. The molecule has 0 spiro atoms. The Bertz CT molecular complexity index is 526. The number of amides is 1. The van der Waals surface area contributed by atoms with Crippen LogP contribution in [-0.4, -0.2) is 46.4 Å². The van der Waals surface area contributed by atoms with E-state index in [0.29, 0.717) is 12.2 Å². The molecule has 1 amide bonds. The van der Waals surface area contributed by atoms with E-state index in [2.05, 4.69) is 10.0 Å². The molecule has 0 aromatic heterocycles. The van der Waals surface area contributed by atoms with Gasteiger partial charge in [-0.25, -0.2) is 13.1 Å². The van der Waals surface area contributed by atoms with Gasteiger partial charge in [0.1, 0.15) is 0 Å². The van der Waals surface area contributed by atoms with Crippen LogP contribution in [0, 0.1) is 0 Å². The lowest BCUT2D eigenvalue weighted by atomic mass is 10.3. The fourth-order valence-corrected chi connectivity index (χ4v) is 2.09. The molecule has 0 aliphatic carbocycles. The SMILES string of the molecule is CCN(C)C(=O)CNc1ccc(S(=O)(=O)NC)cc1. The van der Waals surface area contributed by atoms with Crippen LogP contribution in [-0.2, 0) is 14.8 Å². The van der Waals surface area contributed by atoms with Gasteiger partial charge in [0.25, 0.3) is 0 Å². The second kappa shape index (κ2) is 6.53. The Labute approximate surface area is 113 Å². The summed E-state index contributed by atoms with van der Waals surface area (Å²) >= 11 is 0. The highest BCUT2D eigenvalue weighted by molar-refractivity contribution is 7.89. The molecule has 0 aliphatic rings. The molecule has 0 radical (unpaired) electrons. The van der Waals surface area contributed by atoms with Crippen LogP contribution in [0.4, 0.5) is 5.69 Å². The second-order valence-electron chi connectivity index (χ2n) is 3.99. The number of nitrogens with one attached hydrogen (secondary N) is 2. The molecular weight excluding hydrogens is 266 g/mol. The van der Waals surface area contributed by atoms with Crippen molar-refractivity contribution in [3.05, 3.63) is 24.3 Å². The van der Waals surface area contributed by atoms with Crippen LogP contribution in [0.25, 0.3) is 0 Å². The number of benzene rings is 1. The van der Waals surface area contributed by atoms with E-state index >= 15 is 0 Å². The molecule has 6 nitrogen and oxygen atoms in total. The van der Waals surface area contributed by atoms with Crippen molar-refractivity contribution in [1.29, 1.82) is 0 Å². The summed E-state index contributed by atoms with van der Waals surface area (Å²) in [4.78, 5) is 13.4. The molecule has 0 atom stereocenters. The van der Waals surface area contributed by atoms with Gasteiger partial charge in [0, 0.05) is 19.3 Å². The summed E-state index contributed by atoms with van der Waals surface area (Å²) in [6, 6.07) is 6.23. The average molecular weight is 285 g/mol. The minimum atomic E-state index is -3.42. The van der Waals surface area contributed by atoms with Crippen molar-refractivity contribution in [3.63, 3.8) is 0 Å². The maximum absolute atomic E-state index is 11.6. The molecule has 0 unspecified atom stereocenters. The molecule has 2 N–H and O–H groups in total. The van der Waals surface area contributed by atoms with E-state index in [1.54, 1.807) is 24.1 Å². The topological polar surface area (TPSA) is 78.5 Å². The lowest BCUT2D eigenvalue weighted by Gasteiger charge is -2.15. The summed E-state index contributed by atoms with van der Waals surface area (Å²) in [5, 5.41) is 2.95. The number of hydrogen-bond acceptors (Lipinski definition) is 4. The predicted molar refractivity (Wildman–Crippen MR) is 74.5 cm³/mol. The molecule has 0 saturated carbocycles. The zero-order valence-electron chi connectivity index (χ0n) is 11.3. The third-order valence-electron chi connectivity index (χ3n) is 2.78. The maximum Gasteiger partial charge on any atom is 0.241 e. The van der Waals surface area contributed by atoms with E-state index in [1.807, 2.05) is 6.92 Å². The van der Waals surface area contributed by atoms with Gasteiger partial charge < -0.3 is 10.2 Å². The van der Waals surface area contributed by atoms with Crippen molar-refractivity contribution in [2.45, 2.75) is 11.8 Å². The summed E-state index contributed by atoms with van der Waals surface area (Å²) in [6.45, 7) is 2.73. The number of carbonyl (C=O) groups excluding carboxylic acids is 1. The first-order chi connectivity index (χ1) is 8.90. The average Bonchev–Trinajstić information content (AvgIpc) is 2.44. The standard InChI is InChI=1S/C12H19N3O3S/c1-4-15(3)12(16)9-14-10-5-7-11(8-6-10)19(17,18)13-2/h5-8,13-14H,4,9H2,1-3H3. The molecule has 1 aromatic carbocycles. The normalized spacial score (nSPS) is 11.1. The molecule has 19 heavy (non-hydrogen) atoms. The van der Waals surface area contributed by atoms with Gasteiger partial charge in [0.2, 0.25) is 15.9 Å². The highest BCUT2D eigenvalue weighted by Gasteiger charge is 2.11. The van der Waals surface area contributed by atoms with Gasteiger partial charge in [-0.2, -0.15) is 0 Å². The molecule has 0 saturated heterocycles. The van der Waals surface area contributed by atoms with Gasteiger partial charge in [0.15, 0.2) is 0 Å². The van der Waals surface area contributed by atoms with Crippen LogP contribution in [0.1, 0.15) is 6.92 Å². The van der Waals surface area contributed by atoms with E-state index in [1.165, 1.54) is 19.2 Å². The minimum Gasteiger partial charge on any atom is -0.376 e. The van der Waals surface area contributed by atoms with Crippen LogP contribution >= 0.6 is 0 Å². The molecule has 0 heterocycles. The number of anilines is 1. The smallest absolute Gasteiger partial charge is 0.241 e. The Morgan fingerprint density at radius 2 is 1.84 bits per heavy atom. The zero-order valence-corrected chi connectivity index (χ0v) is 12.1. The highest BCUT2D eigenvalue weighted by Crippen LogP contribution is 2.13. The summed E-state index contributed by atoms with van der Waals surface area (Å²) in [7, 11) is -0.326. The van der Waals surface area contributed by atoms with Crippen LogP contribution in [0.5, 0.6) is 0 Å². The molecule has 1 aromatic rings. The summed E-state index contributed by atoms with van der Waals surface area (Å²) in [5.74, 6) is -0.0191. The lowest BCUT2D eigenvalue weighted by Crippen LogP contribution is -2.31. The monoisotopic (exact) mass is 285 g/mol. The first-order valence-electron chi connectivity index (χ1n) is 5.92. The third kappa shape index (κ3) is 4.22. The molecule has 0 fully saturated rings.